The average Bonchev–Trinajstić information content (AvgIpc) is 1.61. The lowest BCUT2D eigenvalue weighted by atomic mass is 10.5. The third kappa shape index (κ3) is 392. The van der Waals surface area contributed by atoms with Gasteiger partial charge in [-0.25, -0.2) is 4.57 Å². The second-order valence-electron chi connectivity index (χ2n) is 1.30. The summed E-state index contributed by atoms with van der Waals surface area (Å²) in [7, 11) is -4.64. The predicted octanol–water partition coefficient (Wildman–Crippen LogP) is -0.421. The molecule has 7 heteroatoms. The number of halogens is 1. The lowest BCUT2D eigenvalue weighted by molar-refractivity contribution is 0.275. The molecule has 5 nitrogen and oxygen atoms in total. The molecule has 0 unspecified atom stereocenters. The summed E-state index contributed by atoms with van der Waals surface area (Å²) < 4.78 is 8.88. The van der Waals surface area contributed by atoms with Crippen LogP contribution in [0.5, 0.6) is 0 Å². The molecule has 0 aliphatic carbocycles. The molecule has 0 aliphatic heterocycles. The fourth-order valence-electron chi connectivity index (χ4n) is 0. The molecule has 0 saturated heterocycles. The first-order chi connectivity index (χ1) is 3.91. The molecule has 0 heterocycles. The second kappa shape index (κ2) is 9.00. The van der Waals surface area contributed by atoms with E-state index >= 15 is 0 Å². The molecule has 0 spiro atoms. The van der Waals surface area contributed by atoms with Gasteiger partial charge in [-0.05, 0) is 13.0 Å². The van der Waals surface area contributed by atoms with E-state index in [0.29, 0.717) is 0 Å². The number of hydrogen-bond acceptors (Lipinski definition) is 2. The third-order valence-electron chi connectivity index (χ3n) is 0.289. The minimum atomic E-state index is -4.64. The van der Waals surface area contributed by atoms with Crippen LogP contribution in [-0.4, -0.2) is 21.2 Å². The van der Waals surface area contributed by atoms with Gasteiger partial charge in [0.05, 0.1) is 0 Å². The second-order valence-corrected chi connectivity index (χ2v) is 2.33. The van der Waals surface area contributed by atoms with Gasteiger partial charge in [-0.15, -0.1) is 0 Å². The molecule has 0 atom stereocenters. The molecule has 0 radical (unpaired) electrons. The van der Waals surface area contributed by atoms with E-state index in [1.807, 2.05) is 0 Å². The van der Waals surface area contributed by atoms with Crippen molar-refractivity contribution in [2.24, 2.45) is 5.73 Å². The zero-order chi connectivity index (χ0) is 7.91. The summed E-state index contributed by atoms with van der Waals surface area (Å²) in [5.41, 5.74) is 5.03. The van der Waals surface area contributed by atoms with Crippen LogP contribution in [0.4, 0.5) is 4.70 Å². The van der Waals surface area contributed by atoms with Gasteiger partial charge in [0.1, 0.15) is 0 Å². The first kappa shape index (κ1) is 16.5. The Morgan fingerprint density at radius 3 is 1.50 bits per heavy atom. The van der Waals surface area contributed by atoms with E-state index in [4.69, 9.17) is 25.0 Å². The van der Waals surface area contributed by atoms with Gasteiger partial charge in [0.15, 0.2) is 0 Å². The van der Waals surface area contributed by atoms with Gasteiger partial charge in [0, 0.05) is 0 Å². The van der Waals surface area contributed by atoms with Gasteiger partial charge in [-0.3, -0.25) is 4.70 Å². The molecular weight excluding hydrogens is 164 g/mol. The summed E-state index contributed by atoms with van der Waals surface area (Å²) in [6, 6.07) is 0. The molecule has 0 aromatic rings. The van der Waals surface area contributed by atoms with Crippen LogP contribution < -0.4 is 5.73 Å². The first-order valence-electron chi connectivity index (χ1n) is 2.40. The van der Waals surface area contributed by atoms with Crippen LogP contribution >= 0.6 is 7.82 Å². The normalized spacial score (nSPS) is 8.90. The molecule has 0 aromatic heterocycles. The maximum absolute atomic E-state index is 8.88. The Balaban J connectivity index is -0.0000000910. The standard InChI is InChI=1S/C3H9N.FH.H3O4P/c1-2-3-4;;1-5(2,3)4/h2-4H2,1H3;1H;(H3,1,2,3,4). The fraction of sp³-hybridized carbons (Fsp3) is 1.00. The number of rotatable bonds is 1. The van der Waals surface area contributed by atoms with Crippen molar-refractivity contribution in [1.82, 2.24) is 0 Å². The minimum Gasteiger partial charge on any atom is -0.330 e. The fourth-order valence-corrected chi connectivity index (χ4v) is 0. The maximum Gasteiger partial charge on any atom is 0.466 e. The Morgan fingerprint density at radius 1 is 1.40 bits per heavy atom. The molecule has 5 N–H and O–H groups in total. The molecule has 0 saturated carbocycles. The van der Waals surface area contributed by atoms with E-state index in [9.17, 15) is 0 Å². The monoisotopic (exact) mass is 177 g/mol. The number of phosphoric acid groups is 1. The van der Waals surface area contributed by atoms with Crippen molar-refractivity contribution in [3.05, 3.63) is 0 Å². The predicted molar refractivity (Wildman–Crippen MR) is 36.1 cm³/mol. The van der Waals surface area contributed by atoms with E-state index < -0.39 is 7.82 Å². The summed E-state index contributed by atoms with van der Waals surface area (Å²) in [6.45, 7) is 2.88. The van der Waals surface area contributed by atoms with Crippen molar-refractivity contribution in [2.75, 3.05) is 6.54 Å². The molecule has 0 bridgehead atoms. The summed E-state index contributed by atoms with van der Waals surface area (Å²) >= 11 is 0. The van der Waals surface area contributed by atoms with Crippen molar-refractivity contribution in [3.63, 3.8) is 0 Å². The SMILES string of the molecule is CCCN.F.O=P(O)(O)O. The summed E-state index contributed by atoms with van der Waals surface area (Å²) in [6.07, 6.45) is 1.10. The van der Waals surface area contributed by atoms with Gasteiger partial charge in [0.2, 0.25) is 0 Å². The van der Waals surface area contributed by atoms with E-state index in [1.165, 1.54) is 0 Å². The van der Waals surface area contributed by atoms with Crippen LogP contribution in [0, 0.1) is 0 Å². The van der Waals surface area contributed by atoms with Crippen LogP contribution in [0.15, 0.2) is 0 Å². The van der Waals surface area contributed by atoms with E-state index in [2.05, 4.69) is 6.92 Å². The van der Waals surface area contributed by atoms with Crippen molar-refractivity contribution in [1.29, 1.82) is 0 Å². The van der Waals surface area contributed by atoms with Crippen LogP contribution in [0.2, 0.25) is 0 Å². The van der Waals surface area contributed by atoms with Gasteiger partial charge < -0.3 is 20.4 Å². The van der Waals surface area contributed by atoms with Gasteiger partial charge in [-0.1, -0.05) is 6.92 Å². The molecule has 66 valence electrons. The lowest BCUT2D eigenvalue weighted by Gasteiger charge is -1.82. The molecule has 0 fully saturated rings. The third-order valence-corrected chi connectivity index (χ3v) is 0.289. The highest BCUT2D eigenvalue weighted by Crippen LogP contribution is 2.25. The van der Waals surface area contributed by atoms with Crippen LogP contribution in [-0.2, 0) is 4.57 Å². The maximum atomic E-state index is 8.88. The molecule has 10 heavy (non-hydrogen) atoms. The summed E-state index contributed by atoms with van der Waals surface area (Å²) in [5, 5.41) is 0. The average molecular weight is 177 g/mol. The first-order valence-corrected chi connectivity index (χ1v) is 3.96. The molecule has 0 rings (SSSR count). The quantitative estimate of drug-likeness (QED) is 0.407. The largest absolute Gasteiger partial charge is 0.466 e. The van der Waals surface area contributed by atoms with E-state index in [1.54, 1.807) is 0 Å². The van der Waals surface area contributed by atoms with Crippen molar-refractivity contribution >= 4 is 7.82 Å². The van der Waals surface area contributed by atoms with Crippen molar-refractivity contribution < 1.29 is 23.9 Å². The summed E-state index contributed by atoms with van der Waals surface area (Å²) in [5.74, 6) is 0. The van der Waals surface area contributed by atoms with Crippen LogP contribution in [0.25, 0.3) is 0 Å². The topological polar surface area (TPSA) is 104 Å². The van der Waals surface area contributed by atoms with Crippen molar-refractivity contribution in [3.8, 4) is 0 Å². The molecule has 0 amide bonds. The van der Waals surface area contributed by atoms with Crippen LogP contribution in [0.1, 0.15) is 13.3 Å². The van der Waals surface area contributed by atoms with Crippen molar-refractivity contribution in [2.45, 2.75) is 13.3 Å². The van der Waals surface area contributed by atoms with Crippen LogP contribution in [0.3, 0.4) is 0 Å². The lowest BCUT2D eigenvalue weighted by Crippen LogP contribution is -1.93. The zero-order valence-electron chi connectivity index (χ0n) is 5.60. The Labute approximate surface area is 58.5 Å². The highest BCUT2D eigenvalue weighted by molar-refractivity contribution is 7.45. The Kier molecular flexibility index (Phi) is 14.9. The molecule has 0 aromatic carbocycles. The zero-order valence-corrected chi connectivity index (χ0v) is 6.49. The Hall–Kier alpha value is -0.0000000000000000694. The van der Waals surface area contributed by atoms with Gasteiger partial charge in [-0.2, -0.15) is 0 Å². The Morgan fingerprint density at radius 2 is 1.50 bits per heavy atom. The van der Waals surface area contributed by atoms with E-state index in [-0.39, 0.29) is 4.70 Å². The van der Waals surface area contributed by atoms with Gasteiger partial charge in [0.25, 0.3) is 0 Å². The molecular formula is C3H13FNO4P. The highest BCUT2D eigenvalue weighted by Gasteiger charge is 2.00. The number of nitrogens with two attached hydrogens (primary N) is 1. The molecule has 0 aliphatic rings. The number of hydrogen-bond donors (Lipinski definition) is 4. The summed E-state index contributed by atoms with van der Waals surface area (Å²) in [4.78, 5) is 21.6. The van der Waals surface area contributed by atoms with E-state index in [0.717, 1.165) is 13.0 Å². The van der Waals surface area contributed by atoms with Gasteiger partial charge >= 0.3 is 7.82 Å². The smallest absolute Gasteiger partial charge is 0.330 e. The minimum absolute atomic E-state index is 0. The Bertz CT molecular complexity index is 84.2. The highest BCUT2D eigenvalue weighted by atomic mass is 31.2.